The Hall–Kier alpha value is -5.22. The summed E-state index contributed by atoms with van der Waals surface area (Å²) in [6, 6.07) is 36.7. The molecule has 2 aliphatic heterocycles. The molecule has 2 aliphatic rings. The van der Waals surface area contributed by atoms with E-state index in [-0.39, 0.29) is 0 Å². The highest BCUT2D eigenvalue weighted by Crippen LogP contribution is 2.44. The van der Waals surface area contributed by atoms with E-state index >= 15 is 0 Å². The summed E-state index contributed by atoms with van der Waals surface area (Å²) in [5.41, 5.74) is 10.3. The van der Waals surface area contributed by atoms with E-state index in [4.69, 9.17) is 4.98 Å². The number of hydrogen-bond acceptors (Lipinski definition) is 3. The molecule has 4 heterocycles. The lowest BCUT2D eigenvalue weighted by atomic mass is 10.0. The molecule has 4 heteroatoms. The quantitative estimate of drug-likeness (QED) is 0.243. The van der Waals surface area contributed by atoms with E-state index in [0.717, 1.165) is 51.6 Å². The number of para-hydroxylation sites is 2. The molecule has 0 radical (unpaired) electrons. The van der Waals surface area contributed by atoms with Crippen LogP contribution in [0.1, 0.15) is 23.1 Å². The zero-order chi connectivity index (χ0) is 25.8. The van der Waals surface area contributed by atoms with Crippen LogP contribution in [0.2, 0.25) is 0 Å². The minimum atomic E-state index is 0.862. The number of hydrogen-bond donors (Lipinski definition) is 0. The van der Waals surface area contributed by atoms with Gasteiger partial charge in [0, 0.05) is 35.3 Å². The van der Waals surface area contributed by atoms with Crippen LogP contribution in [-0.2, 0) is 0 Å². The van der Waals surface area contributed by atoms with E-state index in [0.29, 0.717) is 0 Å². The molecule has 4 aromatic carbocycles. The topological polar surface area (TPSA) is 33.4 Å². The van der Waals surface area contributed by atoms with E-state index in [1.54, 1.807) is 0 Å². The summed E-state index contributed by atoms with van der Waals surface area (Å²) in [5.74, 6) is 0.910. The number of benzene rings is 4. The maximum absolute atomic E-state index is 4.73. The Morgan fingerprint density at radius 3 is 2.33 bits per heavy atom. The number of nitrogens with zero attached hydrogens (tertiary/aromatic N) is 4. The number of rotatable bonds is 3. The lowest BCUT2D eigenvalue weighted by Gasteiger charge is -2.28. The van der Waals surface area contributed by atoms with Crippen molar-refractivity contribution in [1.82, 2.24) is 9.55 Å². The molecule has 0 N–H and O–H groups in total. The number of pyridine rings is 1. The smallest absolute Gasteiger partial charge is 0.137 e. The second-order valence-corrected chi connectivity index (χ2v) is 9.91. The van der Waals surface area contributed by atoms with Crippen LogP contribution in [0.4, 0.5) is 17.1 Å². The predicted molar refractivity (Wildman–Crippen MR) is 162 cm³/mol. The van der Waals surface area contributed by atoms with Gasteiger partial charge >= 0.3 is 0 Å². The van der Waals surface area contributed by atoms with Gasteiger partial charge < -0.3 is 4.90 Å². The lowest BCUT2D eigenvalue weighted by molar-refractivity contribution is 1.08. The fourth-order valence-electron chi connectivity index (χ4n) is 5.86. The van der Waals surface area contributed by atoms with E-state index in [1.165, 1.54) is 21.9 Å². The van der Waals surface area contributed by atoms with E-state index in [9.17, 15) is 0 Å². The molecule has 0 saturated heterocycles. The number of allylic oxidation sites excluding steroid dienone is 1. The highest BCUT2D eigenvalue weighted by molar-refractivity contribution is 6.11. The summed E-state index contributed by atoms with van der Waals surface area (Å²) < 4.78 is 2.27. The van der Waals surface area contributed by atoms with Crippen molar-refractivity contribution < 1.29 is 0 Å². The SMILES string of the molecule is C1=CN=C(c2ccc3c(c2)N(c2ccc4c5ccccc5n(-c5ccccn5)c4c2)c2ccccc2C=C3)C1. The van der Waals surface area contributed by atoms with Crippen molar-refractivity contribution in [3.63, 3.8) is 0 Å². The van der Waals surface area contributed by atoms with Gasteiger partial charge in [-0.15, -0.1) is 0 Å². The maximum atomic E-state index is 4.73. The summed E-state index contributed by atoms with van der Waals surface area (Å²) in [4.78, 5) is 11.7. The van der Waals surface area contributed by atoms with E-state index in [2.05, 4.69) is 124 Å². The number of aliphatic imine (C=N–C) groups is 1. The number of aromatic nitrogens is 2. The summed E-state index contributed by atoms with van der Waals surface area (Å²) in [5, 5.41) is 2.43. The molecule has 0 aliphatic carbocycles. The Kier molecular flexibility index (Phi) is 4.85. The minimum absolute atomic E-state index is 0.862. The first-order valence-electron chi connectivity index (χ1n) is 13.2. The molecule has 0 saturated carbocycles. The van der Waals surface area contributed by atoms with Gasteiger partial charge in [0.05, 0.1) is 28.1 Å². The second kappa shape index (κ2) is 8.67. The zero-order valence-corrected chi connectivity index (χ0v) is 21.2. The maximum Gasteiger partial charge on any atom is 0.137 e. The van der Waals surface area contributed by atoms with Crippen molar-refractivity contribution in [2.24, 2.45) is 4.99 Å². The Bertz CT molecular complexity index is 1990. The summed E-state index contributed by atoms with van der Waals surface area (Å²) in [7, 11) is 0. The molecule has 4 nitrogen and oxygen atoms in total. The molecule has 8 rings (SSSR count). The van der Waals surface area contributed by atoms with Crippen molar-refractivity contribution in [2.75, 3.05) is 4.90 Å². The Balaban J connectivity index is 1.41. The molecule has 0 fully saturated rings. The van der Waals surface area contributed by atoms with Crippen molar-refractivity contribution in [3.8, 4) is 5.82 Å². The molecule has 6 aromatic rings. The normalized spacial score (nSPS) is 13.9. The van der Waals surface area contributed by atoms with Gasteiger partial charge in [-0.2, -0.15) is 0 Å². The highest BCUT2D eigenvalue weighted by Gasteiger charge is 2.23. The third kappa shape index (κ3) is 3.46. The van der Waals surface area contributed by atoms with Gasteiger partial charge in [0.1, 0.15) is 5.82 Å². The number of fused-ring (bicyclic) bond motifs is 5. The average molecular weight is 501 g/mol. The van der Waals surface area contributed by atoms with Crippen LogP contribution in [0.5, 0.6) is 0 Å². The van der Waals surface area contributed by atoms with Gasteiger partial charge in [-0.25, -0.2) is 4.98 Å². The van der Waals surface area contributed by atoms with Crippen LogP contribution in [0.25, 0.3) is 39.8 Å². The van der Waals surface area contributed by atoms with Gasteiger partial charge in [0.25, 0.3) is 0 Å². The molecule has 184 valence electrons. The van der Waals surface area contributed by atoms with Crippen molar-refractivity contribution >= 4 is 56.7 Å². The average Bonchev–Trinajstić information content (AvgIpc) is 3.60. The standard InChI is InChI=1S/C35H24N4/c1-3-11-31-24(8-1)14-15-25-16-17-26(30-10-7-21-36-30)22-33(25)38(31)27-18-19-29-28-9-2-4-12-32(28)39(34(29)23-27)35-13-5-6-20-37-35/h1-9,11-23H,10H2. The zero-order valence-electron chi connectivity index (χ0n) is 21.2. The first-order valence-corrected chi connectivity index (χ1v) is 13.2. The fourth-order valence-corrected chi connectivity index (χ4v) is 5.86. The molecular weight excluding hydrogens is 476 g/mol. The van der Waals surface area contributed by atoms with Crippen LogP contribution >= 0.6 is 0 Å². The molecule has 2 aromatic heterocycles. The van der Waals surface area contributed by atoms with Crippen LogP contribution in [0, 0.1) is 0 Å². The first-order chi connectivity index (χ1) is 19.3. The molecule has 0 spiro atoms. The summed E-state index contributed by atoms with van der Waals surface area (Å²) >= 11 is 0. The second-order valence-electron chi connectivity index (χ2n) is 9.91. The first kappa shape index (κ1) is 21.8. The third-order valence-corrected chi connectivity index (χ3v) is 7.67. The van der Waals surface area contributed by atoms with Crippen molar-refractivity contribution in [3.05, 3.63) is 138 Å². The van der Waals surface area contributed by atoms with Crippen molar-refractivity contribution in [2.45, 2.75) is 6.42 Å². The fraction of sp³-hybridized carbons (Fsp3) is 0.0286. The van der Waals surface area contributed by atoms with Crippen LogP contribution in [0.15, 0.2) is 127 Å². The summed E-state index contributed by atoms with van der Waals surface area (Å²) in [6.45, 7) is 0. The molecule has 39 heavy (non-hydrogen) atoms. The van der Waals surface area contributed by atoms with E-state index in [1.807, 2.05) is 24.5 Å². The molecule has 0 amide bonds. The third-order valence-electron chi connectivity index (χ3n) is 7.67. The van der Waals surface area contributed by atoms with Crippen molar-refractivity contribution in [1.29, 1.82) is 0 Å². The van der Waals surface area contributed by atoms with Gasteiger partial charge in [-0.3, -0.25) is 9.56 Å². The predicted octanol–water partition coefficient (Wildman–Crippen LogP) is 8.84. The highest BCUT2D eigenvalue weighted by atomic mass is 15.2. The Labute approximate surface area is 226 Å². The summed E-state index contributed by atoms with van der Waals surface area (Å²) in [6.07, 6.45) is 11.2. The molecular formula is C35H24N4. The Morgan fingerprint density at radius 2 is 1.46 bits per heavy atom. The molecule has 0 atom stereocenters. The van der Waals surface area contributed by atoms with Crippen LogP contribution in [-0.4, -0.2) is 15.3 Å². The Morgan fingerprint density at radius 1 is 0.641 bits per heavy atom. The molecule has 0 bridgehead atoms. The van der Waals surface area contributed by atoms with Gasteiger partial charge in [-0.1, -0.05) is 78.9 Å². The van der Waals surface area contributed by atoms with Crippen LogP contribution < -0.4 is 4.90 Å². The van der Waals surface area contributed by atoms with Gasteiger partial charge in [-0.05, 0) is 59.2 Å². The molecule has 0 unspecified atom stereocenters. The number of anilines is 3. The lowest BCUT2D eigenvalue weighted by Crippen LogP contribution is -2.13. The van der Waals surface area contributed by atoms with Gasteiger partial charge in [0.2, 0.25) is 0 Å². The largest absolute Gasteiger partial charge is 0.309 e. The van der Waals surface area contributed by atoms with Crippen LogP contribution in [0.3, 0.4) is 0 Å². The monoisotopic (exact) mass is 500 g/mol. The minimum Gasteiger partial charge on any atom is -0.309 e. The van der Waals surface area contributed by atoms with E-state index < -0.39 is 0 Å². The van der Waals surface area contributed by atoms with Gasteiger partial charge in [0.15, 0.2) is 0 Å².